The van der Waals surface area contributed by atoms with Crippen molar-refractivity contribution in [1.29, 1.82) is 0 Å². The molecule has 1 N–H and O–H groups in total. The molecule has 1 fully saturated rings. The van der Waals surface area contributed by atoms with Crippen LogP contribution < -0.4 is 5.43 Å². The zero-order valence-corrected chi connectivity index (χ0v) is 8.80. The second-order valence-corrected chi connectivity index (χ2v) is 4.63. The van der Waals surface area contributed by atoms with E-state index in [-0.39, 0.29) is 0 Å². The van der Waals surface area contributed by atoms with E-state index in [1.54, 1.807) is 0 Å². The molecule has 1 saturated carbocycles. The number of nitrogens with one attached hydrogen (secondary N) is 1. The molecule has 1 rings (SSSR count). The zero-order valence-electron chi connectivity index (χ0n) is 8.80. The van der Waals surface area contributed by atoms with Crippen molar-refractivity contribution < 1.29 is 4.59 Å². The summed E-state index contributed by atoms with van der Waals surface area (Å²) in [5, 5.41) is 0. The molecular formula is C9H22N3+. The van der Waals surface area contributed by atoms with E-state index in [2.05, 4.69) is 38.5 Å². The molecule has 0 bridgehead atoms. The van der Waals surface area contributed by atoms with E-state index >= 15 is 0 Å². The van der Waals surface area contributed by atoms with Gasteiger partial charge < -0.3 is 4.90 Å². The van der Waals surface area contributed by atoms with Crippen molar-refractivity contribution in [3.63, 3.8) is 0 Å². The molecule has 0 amide bonds. The van der Waals surface area contributed by atoms with Crippen LogP contribution in [0, 0.1) is 0 Å². The van der Waals surface area contributed by atoms with Gasteiger partial charge in [-0.3, -0.25) is 4.59 Å². The fourth-order valence-corrected chi connectivity index (χ4v) is 1.26. The fraction of sp³-hybridized carbons (Fsp3) is 1.00. The van der Waals surface area contributed by atoms with E-state index in [0.29, 0.717) is 0 Å². The van der Waals surface area contributed by atoms with Crippen LogP contribution in [0.5, 0.6) is 0 Å². The van der Waals surface area contributed by atoms with Crippen molar-refractivity contribution in [3.8, 4) is 0 Å². The highest BCUT2D eigenvalue weighted by Gasteiger charge is 2.25. The third-order valence-corrected chi connectivity index (χ3v) is 2.22. The van der Waals surface area contributed by atoms with Crippen LogP contribution in [-0.2, 0) is 0 Å². The smallest absolute Gasteiger partial charge is 0.0853 e. The van der Waals surface area contributed by atoms with Crippen LogP contribution >= 0.6 is 0 Å². The van der Waals surface area contributed by atoms with Crippen LogP contribution in [0.15, 0.2) is 0 Å². The number of hydrogen-bond acceptors (Lipinski definition) is 2. The van der Waals surface area contributed by atoms with Gasteiger partial charge in [0.25, 0.3) is 0 Å². The number of quaternary nitrogens is 1. The lowest BCUT2D eigenvalue weighted by atomic mass is 10.5. The minimum Gasteiger partial charge on any atom is -0.302 e. The largest absolute Gasteiger partial charge is 0.302 e. The van der Waals surface area contributed by atoms with E-state index in [0.717, 1.165) is 17.2 Å². The highest BCUT2D eigenvalue weighted by molar-refractivity contribution is 4.82. The lowest BCUT2D eigenvalue weighted by Crippen LogP contribution is -2.50. The molecule has 0 saturated heterocycles. The molecule has 0 aromatic carbocycles. The van der Waals surface area contributed by atoms with E-state index in [4.69, 9.17) is 0 Å². The Morgan fingerprint density at radius 1 is 1.33 bits per heavy atom. The maximum atomic E-state index is 3.43. The van der Waals surface area contributed by atoms with E-state index in [1.165, 1.54) is 19.4 Å². The van der Waals surface area contributed by atoms with Crippen molar-refractivity contribution in [1.82, 2.24) is 10.3 Å². The summed E-state index contributed by atoms with van der Waals surface area (Å²) in [6, 6.07) is 0.888. The second kappa shape index (κ2) is 3.73. The Kier molecular flexibility index (Phi) is 3.09. The van der Waals surface area contributed by atoms with Gasteiger partial charge in [0.1, 0.15) is 0 Å². The fourth-order valence-electron chi connectivity index (χ4n) is 1.26. The lowest BCUT2D eigenvalue weighted by Gasteiger charge is -2.25. The van der Waals surface area contributed by atoms with E-state index in [1.807, 2.05) is 0 Å². The van der Waals surface area contributed by atoms with Gasteiger partial charge in [0.2, 0.25) is 0 Å². The van der Waals surface area contributed by atoms with Gasteiger partial charge in [0.15, 0.2) is 0 Å². The standard InChI is InChI=1S/C9H22N3/c1-11(9-5-6-9)8-7-10-12(2,3)4/h9-10H,5-8H2,1-4H3/q+1. The number of nitrogens with zero attached hydrogens (tertiary/aromatic N) is 2. The molecule has 0 unspecified atom stereocenters. The normalized spacial score (nSPS) is 18.8. The number of hydrogen-bond donors (Lipinski definition) is 1. The van der Waals surface area contributed by atoms with Gasteiger partial charge in [-0.15, -0.1) is 0 Å². The minimum absolute atomic E-state index is 0.846. The van der Waals surface area contributed by atoms with Crippen LogP contribution in [0.1, 0.15) is 12.8 Å². The first-order chi connectivity index (χ1) is 5.49. The van der Waals surface area contributed by atoms with Gasteiger partial charge in [0, 0.05) is 12.6 Å². The molecule has 0 atom stereocenters. The van der Waals surface area contributed by atoms with Gasteiger partial charge in [-0.2, -0.15) is 5.43 Å². The van der Waals surface area contributed by atoms with Crippen LogP contribution in [0.3, 0.4) is 0 Å². The third-order valence-electron chi connectivity index (χ3n) is 2.22. The van der Waals surface area contributed by atoms with Crippen LogP contribution in [0.4, 0.5) is 0 Å². The Morgan fingerprint density at radius 3 is 2.33 bits per heavy atom. The first-order valence-electron chi connectivity index (χ1n) is 4.76. The Bertz CT molecular complexity index is 135. The average Bonchev–Trinajstić information content (AvgIpc) is 2.64. The number of likely N-dealkylation sites (N-methyl/N-ethyl adjacent to an activating group) is 1. The zero-order chi connectivity index (χ0) is 9.19. The van der Waals surface area contributed by atoms with Crippen molar-refractivity contribution in [2.45, 2.75) is 18.9 Å². The first kappa shape index (κ1) is 9.96. The van der Waals surface area contributed by atoms with Gasteiger partial charge in [-0.25, -0.2) is 0 Å². The molecule has 12 heavy (non-hydrogen) atoms. The van der Waals surface area contributed by atoms with Gasteiger partial charge >= 0.3 is 0 Å². The van der Waals surface area contributed by atoms with Crippen molar-refractivity contribution in [2.24, 2.45) is 0 Å². The average molecular weight is 172 g/mol. The Hall–Kier alpha value is -0.120. The summed E-state index contributed by atoms with van der Waals surface area (Å²) in [5.41, 5.74) is 3.43. The molecule has 0 heterocycles. The van der Waals surface area contributed by atoms with Crippen LogP contribution in [0.2, 0.25) is 0 Å². The molecule has 0 spiro atoms. The van der Waals surface area contributed by atoms with Gasteiger partial charge in [-0.05, 0) is 19.9 Å². The molecular weight excluding hydrogens is 150 g/mol. The maximum Gasteiger partial charge on any atom is 0.0853 e. The van der Waals surface area contributed by atoms with Crippen LogP contribution in [-0.4, -0.2) is 56.8 Å². The summed E-state index contributed by atoms with van der Waals surface area (Å²) in [6.45, 7) is 2.25. The minimum atomic E-state index is 0.846. The van der Waals surface area contributed by atoms with Crippen molar-refractivity contribution in [2.75, 3.05) is 41.3 Å². The summed E-state index contributed by atoms with van der Waals surface area (Å²) in [5.74, 6) is 0. The Labute approximate surface area is 75.9 Å². The molecule has 3 nitrogen and oxygen atoms in total. The Balaban J connectivity index is 2.01. The summed E-state index contributed by atoms with van der Waals surface area (Å²) in [6.07, 6.45) is 2.81. The van der Waals surface area contributed by atoms with Gasteiger partial charge in [-0.1, -0.05) is 0 Å². The first-order valence-corrected chi connectivity index (χ1v) is 4.76. The molecule has 0 aliphatic heterocycles. The summed E-state index contributed by atoms with van der Waals surface area (Å²) in [4.78, 5) is 2.45. The summed E-state index contributed by atoms with van der Waals surface area (Å²) < 4.78 is 0.846. The number of rotatable bonds is 5. The quantitative estimate of drug-likeness (QED) is 0.474. The van der Waals surface area contributed by atoms with Crippen LogP contribution in [0.25, 0.3) is 0 Å². The lowest BCUT2D eigenvalue weighted by molar-refractivity contribution is -0.915. The van der Waals surface area contributed by atoms with Crippen molar-refractivity contribution in [3.05, 3.63) is 0 Å². The second-order valence-electron chi connectivity index (χ2n) is 4.63. The molecule has 0 aromatic heterocycles. The SMILES string of the molecule is CN(CCN[N+](C)(C)C)C1CC1. The van der Waals surface area contributed by atoms with Gasteiger partial charge in [0.05, 0.1) is 27.7 Å². The highest BCUT2D eigenvalue weighted by atomic mass is 15.6. The topological polar surface area (TPSA) is 15.3 Å². The maximum absolute atomic E-state index is 3.43. The molecule has 72 valence electrons. The third kappa shape index (κ3) is 4.04. The van der Waals surface area contributed by atoms with E-state index in [9.17, 15) is 0 Å². The molecule has 3 heteroatoms. The molecule has 1 aliphatic rings. The van der Waals surface area contributed by atoms with Crippen molar-refractivity contribution >= 4 is 0 Å². The molecule has 0 aromatic rings. The summed E-state index contributed by atoms with van der Waals surface area (Å²) >= 11 is 0. The predicted molar refractivity (Wildman–Crippen MR) is 51.7 cm³/mol. The monoisotopic (exact) mass is 172 g/mol. The summed E-state index contributed by atoms with van der Waals surface area (Å²) in [7, 11) is 8.67. The van der Waals surface area contributed by atoms with E-state index < -0.39 is 0 Å². The predicted octanol–water partition coefficient (Wildman–Crippen LogP) is 0.291. The molecule has 1 aliphatic carbocycles. The highest BCUT2D eigenvalue weighted by Crippen LogP contribution is 2.24. The Morgan fingerprint density at radius 2 is 1.92 bits per heavy atom. The molecule has 0 radical (unpaired) electrons.